The molecule has 0 saturated carbocycles. The quantitative estimate of drug-likeness (QED) is 0.631. The molecule has 2 N–H and O–H groups in total. The summed E-state index contributed by atoms with van der Waals surface area (Å²) in [5.41, 5.74) is 2.74. The standard InChI is InChI=1S/C26H30N2O7/c1-33-22-14-19(15-23(34-2)24(22)35-3)26(32)28-9-7-27(8-10-28)25(31)17-6-4-5-16-12-20(29)21(30)13-18(16)11-17/h11-15,29-30H,4-10H2,1-3H3. The van der Waals surface area contributed by atoms with Crippen molar-refractivity contribution < 1.29 is 34.0 Å². The Hall–Kier alpha value is -3.88. The summed E-state index contributed by atoms with van der Waals surface area (Å²) < 4.78 is 16.0. The highest BCUT2D eigenvalue weighted by Crippen LogP contribution is 2.38. The molecule has 0 spiro atoms. The van der Waals surface area contributed by atoms with Crippen LogP contribution in [0.15, 0.2) is 29.8 Å². The van der Waals surface area contributed by atoms with Gasteiger partial charge in [0.15, 0.2) is 23.0 Å². The van der Waals surface area contributed by atoms with Crippen LogP contribution >= 0.6 is 0 Å². The minimum absolute atomic E-state index is 0.0645. The zero-order chi connectivity index (χ0) is 25.1. The summed E-state index contributed by atoms with van der Waals surface area (Å²) in [7, 11) is 4.51. The first-order chi connectivity index (χ1) is 16.9. The maximum absolute atomic E-state index is 13.2. The lowest BCUT2D eigenvalue weighted by atomic mass is 10.0. The fourth-order valence-corrected chi connectivity index (χ4v) is 4.59. The van der Waals surface area contributed by atoms with Gasteiger partial charge in [-0.05, 0) is 60.7 Å². The van der Waals surface area contributed by atoms with Gasteiger partial charge in [-0.15, -0.1) is 0 Å². The number of carbonyl (C=O) groups is 2. The Morgan fingerprint density at radius 1 is 0.771 bits per heavy atom. The van der Waals surface area contributed by atoms with Gasteiger partial charge in [-0.2, -0.15) is 0 Å². The van der Waals surface area contributed by atoms with E-state index in [0.717, 1.165) is 17.5 Å². The third kappa shape index (κ3) is 4.84. The van der Waals surface area contributed by atoms with E-state index in [2.05, 4.69) is 0 Å². The average Bonchev–Trinajstić information content (AvgIpc) is 3.09. The van der Waals surface area contributed by atoms with Crippen molar-refractivity contribution in [2.75, 3.05) is 47.5 Å². The van der Waals surface area contributed by atoms with Crippen LogP contribution in [0.3, 0.4) is 0 Å². The van der Waals surface area contributed by atoms with E-state index >= 15 is 0 Å². The lowest BCUT2D eigenvalue weighted by Crippen LogP contribution is -2.50. The molecule has 9 heteroatoms. The third-order valence-electron chi connectivity index (χ3n) is 6.50. The summed E-state index contributed by atoms with van der Waals surface area (Å²) in [6.07, 6.45) is 3.90. The van der Waals surface area contributed by atoms with Crippen molar-refractivity contribution in [2.24, 2.45) is 0 Å². The predicted molar refractivity (Wildman–Crippen MR) is 129 cm³/mol. The summed E-state index contributed by atoms with van der Waals surface area (Å²) in [5, 5.41) is 19.7. The number of benzene rings is 2. The Bertz CT molecular complexity index is 1140. The second-order valence-corrected chi connectivity index (χ2v) is 8.56. The molecule has 0 atom stereocenters. The summed E-state index contributed by atoms with van der Waals surface area (Å²) in [4.78, 5) is 29.9. The van der Waals surface area contributed by atoms with Crippen LogP contribution in [0.2, 0.25) is 0 Å². The Morgan fingerprint density at radius 3 is 1.91 bits per heavy atom. The number of piperazine rings is 1. The van der Waals surface area contributed by atoms with Gasteiger partial charge in [-0.25, -0.2) is 0 Å². The summed E-state index contributed by atoms with van der Waals surface area (Å²) in [6.45, 7) is 1.64. The molecule has 0 unspecified atom stereocenters. The van der Waals surface area contributed by atoms with Crippen LogP contribution in [0.5, 0.6) is 28.7 Å². The monoisotopic (exact) mass is 482 g/mol. The minimum Gasteiger partial charge on any atom is -0.504 e. The Labute approximate surface area is 204 Å². The predicted octanol–water partition coefficient (Wildman–Crippen LogP) is 2.83. The second kappa shape index (κ2) is 10.2. The molecule has 1 aliphatic carbocycles. The Morgan fingerprint density at radius 2 is 1.34 bits per heavy atom. The first kappa shape index (κ1) is 24.3. The SMILES string of the molecule is COc1cc(C(=O)N2CCN(C(=O)C3=Cc4cc(O)c(O)cc4CCC3)CC2)cc(OC)c1OC. The van der Waals surface area contributed by atoms with E-state index in [1.807, 2.05) is 0 Å². The number of aryl methyl sites for hydroxylation is 1. The van der Waals surface area contributed by atoms with E-state index in [0.29, 0.717) is 67.4 Å². The second-order valence-electron chi connectivity index (χ2n) is 8.56. The Kier molecular flexibility index (Phi) is 7.04. The van der Waals surface area contributed by atoms with Gasteiger partial charge in [0.2, 0.25) is 11.7 Å². The maximum Gasteiger partial charge on any atom is 0.254 e. The molecular weight excluding hydrogens is 452 g/mol. The third-order valence-corrected chi connectivity index (χ3v) is 6.50. The van der Waals surface area contributed by atoms with Crippen molar-refractivity contribution in [1.82, 2.24) is 9.80 Å². The van der Waals surface area contributed by atoms with Crippen LogP contribution < -0.4 is 14.2 Å². The molecule has 1 aliphatic heterocycles. The summed E-state index contributed by atoms with van der Waals surface area (Å²) in [6, 6.07) is 6.31. The van der Waals surface area contributed by atoms with E-state index in [9.17, 15) is 19.8 Å². The molecule has 0 aromatic heterocycles. The van der Waals surface area contributed by atoms with Gasteiger partial charge in [0, 0.05) is 37.3 Å². The van der Waals surface area contributed by atoms with Crippen LogP contribution in [0.25, 0.3) is 6.08 Å². The molecule has 2 aromatic carbocycles. The number of carbonyl (C=O) groups excluding carboxylic acids is 2. The highest BCUT2D eigenvalue weighted by Gasteiger charge is 2.28. The van der Waals surface area contributed by atoms with Crippen LogP contribution in [0.4, 0.5) is 0 Å². The number of fused-ring (bicyclic) bond motifs is 1. The highest BCUT2D eigenvalue weighted by atomic mass is 16.5. The van der Waals surface area contributed by atoms with E-state index in [-0.39, 0.29) is 23.3 Å². The van der Waals surface area contributed by atoms with Gasteiger partial charge in [0.1, 0.15) is 0 Å². The summed E-state index contributed by atoms with van der Waals surface area (Å²) in [5.74, 6) is 0.642. The van der Waals surface area contributed by atoms with Gasteiger partial charge in [0.05, 0.1) is 21.3 Å². The molecule has 2 aliphatic rings. The lowest BCUT2D eigenvalue weighted by molar-refractivity contribution is -0.128. The molecule has 35 heavy (non-hydrogen) atoms. The Balaban J connectivity index is 1.46. The molecule has 1 fully saturated rings. The van der Waals surface area contributed by atoms with Crippen molar-refractivity contribution in [1.29, 1.82) is 0 Å². The van der Waals surface area contributed by atoms with Crippen molar-refractivity contribution in [3.8, 4) is 28.7 Å². The molecule has 1 saturated heterocycles. The number of aromatic hydroxyl groups is 2. The highest BCUT2D eigenvalue weighted by molar-refractivity contribution is 5.99. The first-order valence-electron chi connectivity index (χ1n) is 11.5. The van der Waals surface area contributed by atoms with Crippen LogP contribution in [-0.2, 0) is 11.2 Å². The van der Waals surface area contributed by atoms with Crippen LogP contribution in [-0.4, -0.2) is 79.3 Å². The minimum atomic E-state index is -0.201. The largest absolute Gasteiger partial charge is 0.504 e. The molecule has 9 nitrogen and oxygen atoms in total. The number of methoxy groups -OCH3 is 3. The molecule has 2 aromatic rings. The van der Waals surface area contributed by atoms with Crippen LogP contribution in [0, 0.1) is 0 Å². The van der Waals surface area contributed by atoms with E-state index in [4.69, 9.17) is 14.2 Å². The number of ether oxygens (including phenoxy) is 3. The van der Waals surface area contributed by atoms with Gasteiger partial charge in [0.25, 0.3) is 5.91 Å². The van der Waals surface area contributed by atoms with Crippen molar-refractivity contribution in [3.05, 3.63) is 46.5 Å². The zero-order valence-electron chi connectivity index (χ0n) is 20.2. The van der Waals surface area contributed by atoms with E-state index in [1.54, 1.807) is 34.1 Å². The molecule has 0 bridgehead atoms. The fraction of sp³-hybridized carbons (Fsp3) is 0.385. The van der Waals surface area contributed by atoms with Crippen molar-refractivity contribution in [3.63, 3.8) is 0 Å². The average molecular weight is 483 g/mol. The lowest BCUT2D eigenvalue weighted by Gasteiger charge is -2.35. The molecule has 2 amide bonds. The normalized spacial score (nSPS) is 15.6. The number of phenolic OH excluding ortho intramolecular Hbond substituents is 2. The molecule has 1 heterocycles. The number of hydrogen-bond acceptors (Lipinski definition) is 7. The number of amides is 2. The smallest absolute Gasteiger partial charge is 0.254 e. The van der Waals surface area contributed by atoms with Gasteiger partial charge < -0.3 is 34.2 Å². The molecule has 0 radical (unpaired) electrons. The van der Waals surface area contributed by atoms with E-state index in [1.165, 1.54) is 27.4 Å². The van der Waals surface area contributed by atoms with Crippen molar-refractivity contribution >= 4 is 17.9 Å². The topological polar surface area (TPSA) is 109 Å². The number of nitrogens with zero attached hydrogens (tertiary/aromatic N) is 2. The van der Waals surface area contributed by atoms with Crippen molar-refractivity contribution in [2.45, 2.75) is 19.3 Å². The number of rotatable bonds is 5. The van der Waals surface area contributed by atoms with Gasteiger partial charge in [-0.3, -0.25) is 9.59 Å². The molecular formula is C26H30N2O7. The fourth-order valence-electron chi connectivity index (χ4n) is 4.59. The van der Waals surface area contributed by atoms with E-state index < -0.39 is 0 Å². The van der Waals surface area contributed by atoms with Gasteiger partial charge >= 0.3 is 0 Å². The summed E-state index contributed by atoms with van der Waals surface area (Å²) >= 11 is 0. The van der Waals surface area contributed by atoms with Gasteiger partial charge in [-0.1, -0.05) is 0 Å². The molecule has 186 valence electrons. The number of hydrogen-bond donors (Lipinski definition) is 2. The maximum atomic E-state index is 13.2. The molecule has 4 rings (SSSR count). The first-order valence-corrected chi connectivity index (χ1v) is 11.5. The van der Waals surface area contributed by atoms with Crippen LogP contribution in [0.1, 0.15) is 34.3 Å². The number of phenols is 2. The zero-order valence-corrected chi connectivity index (χ0v) is 20.2.